The number of rotatable bonds is 9. The largest absolute Gasteiger partial charge is 0.489 e. The third-order valence-electron chi connectivity index (χ3n) is 4.55. The summed E-state index contributed by atoms with van der Waals surface area (Å²) >= 11 is 5.93. The van der Waals surface area contributed by atoms with E-state index in [0.717, 1.165) is 35.7 Å². The van der Waals surface area contributed by atoms with Crippen molar-refractivity contribution in [2.45, 2.75) is 39.0 Å². The first-order valence-electron chi connectivity index (χ1n) is 9.49. The van der Waals surface area contributed by atoms with Crippen LogP contribution in [0.2, 0.25) is 5.02 Å². The van der Waals surface area contributed by atoms with Crippen LogP contribution in [-0.2, 0) is 13.2 Å². The minimum atomic E-state index is 0. The lowest BCUT2D eigenvalue weighted by Gasteiger charge is -2.19. The molecule has 0 heterocycles. The van der Waals surface area contributed by atoms with Gasteiger partial charge in [-0.05, 0) is 47.4 Å². The molecule has 2 nitrogen and oxygen atoms in total. The van der Waals surface area contributed by atoms with Gasteiger partial charge in [0, 0.05) is 17.6 Å². The zero-order valence-corrected chi connectivity index (χ0v) is 17.7. The second kappa shape index (κ2) is 11.8. The van der Waals surface area contributed by atoms with Gasteiger partial charge < -0.3 is 10.1 Å². The fourth-order valence-corrected chi connectivity index (χ4v) is 3.22. The maximum absolute atomic E-state index is 5.94. The van der Waals surface area contributed by atoms with Crippen LogP contribution in [0.25, 0.3) is 0 Å². The highest BCUT2D eigenvalue weighted by Crippen LogP contribution is 2.20. The zero-order chi connectivity index (χ0) is 18.9. The van der Waals surface area contributed by atoms with Crippen LogP contribution in [0.1, 0.15) is 42.5 Å². The molecular formula is C24H27Cl2NO. The van der Waals surface area contributed by atoms with Gasteiger partial charge in [0.2, 0.25) is 0 Å². The van der Waals surface area contributed by atoms with Gasteiger partial charge in [0.05, 0.1) is 0 Å². The Morgan fingerprint density at radius 1 is 0.893 bits per heavy atom. The number of benzene rings is 3. The van der Waals surface area contributed by atoms with Gasteiger partial charge in [-0.15, -0.1) is 12.4 Å². The molecule has 4 heteroatoms. The Bertz CT molecular complexity index is 822. The lowest BCUT2D eigenvalue weighted by molar-refractivity contribution is 0.306. The second-order valence-corrected chi connectivity index (χ2v) is 7.13. The van der Waals surface area contributed by atoms with Crippen molar-refractivity contribution in [3.05, 3.63) is 101 Å². The second-order valence-electron chi connectivity index (χ2n) is 6.70. The standard InChI is InChI=1S/C24H26ClNO.ClH/c1-2-7-24(21-9-4-3-5-10-21)26-17-20-8-6-11-23(16-20)27-18-19-12-14-22(25)15-13-19;/h3-6,8-16,24,26H,2,7,17-18H2,1H3;1H. The summed E-state index contributed by atoms with van der Waals surface area (Å²) in [5, 5.41) is 4.43. The van der Waals surface area contributed by atoms with E-state index >= 15 is 0 Å². The summed E-state index contributed by atoms with van der Waals surface area (Å²) in [6.45, 7) is 3.58. The van der Waals surface area contributed by atoms with Crippen LogP contribution < -0.4 is 10.1 Å². The Morgan fingerprint density at radius 3 is 2.36 bits per heavy atom. The third kappa shape index (κ3) is 6.87. The van der Waals surface area contributed by atoms with E-state index < -0.39 is 0 Å². The third-order valence-corrected chi connectivity index (χ3v) is 4.80. The number of ether oxygens (including phenoxy) is 1. The van der Waals surface area contributed by atoms with Crippen molar-refractivity contribution in [1.29, 1.82) is 0 Å². The Labute approximate surface area is 179 Å². The van der Waals surface area contributed by atoms with Crippen LogP contribution in [0.3, 0.4) is 0 Å². The highest BCUT2D eigenvalue weighted by Gasteiger charge is 2.09. The van der Waals surface area contributed by atoms with E-state index in [4.69, 9.17) is 16.3 Å². The van der Waals surface area contributed by atoms with Gasteiger partial charge in [0.15, 0.2) is 0 Å². The van der Waals surface area contributed by atoms with Crippen molar-refractivity contribution in [3.63, 3.8) is 0 Å². The number of hydrogen-bond acceptors (Lipinski definition) is 2. The predicted octanol–water partition coefficient (Wildman–Crippen LogP) is 6.97. The highest BCUT2D eigenvalue weighted by molar-refractivity contribution is 6.30. The molecule has 3 rings (SSSR count). The molecule has 0 aliphatic rings. The number of halogens is 2. The van der Waals surface area contributed by atoms with Gasteiger partial charge in [-0.25, -0.2) is 0 Å². The van der Waals surface area contributed by atoms with Crippen molar-refractivity contribution < 1.29 is 4.74 Å². The molecule has 3 aromatic rings. The lowest BCUT2D eigenvalue weighted by atomic mass is 10.0. The fourth-order valence-electron chi connectivity index (χ4n) is 3.09. The molecule has 0 radical (unpaired) electrons. The molecule has 0 amide bonds. The first kappa shape index (κ1) is 22.3. The molecular weight excluding hydrogens is 389 g/mol. The van der Waals surface area contributed by atoms with Crippen LogP contribution in [0, 0.1) is 0 Å². The Balaban J connectivity index is 0.00000280. The summed E-state index contributed by atoms with van der Waals surface area (Å²) in [5.41, 5.74) is 3.67. The van der Waals surface area contributed by atoms with Crippen molar-refractivity contribution in [2.75, 3.05) is 0 Å². The molecule has 0 fully saturated rings. The predicted molar refractivity (Wildman–Crippen MR) is 120 cm³/mol. The SMILES string of the molecule is CCCC(NCc1cccc(OCc2ccc(Cl)cc2)c1)c1ccccc1.Cl. The van der Waals surface area contributed by atoms with E-state index in [-0.39, 0.29) is 12.4 Å². The molecule has 0 aliphatic carbocycles. The van der Waals surface area contributed by atoms with E-state index in [1.165, 1.54) is 11.1 Å². The molecule has 1 N–H and O–H groups in total. The lowest BCUT2D eigenvalue weighted by Crippen LogP contribution is -2.20. The minimum absolute atomic E-state index is 0. The fraction of sp³-hybridized carbons (Fsp3) is 0.250. The molecule has 1 unspecified atom stereocenters. The first-order chi connectivity index (χ1) is 13.2. The first-order valence-corrected chi connectivity index (χ1v) is 9.87. The summed E-state index contributed by atoms with van der Waals surface area (Å²) in [6.07, 6.45) is 2.27. The van der Waals surface area contributed by atoms with Crippen molar-refractivity contribution in [2.24, 2.45) is 0 Å². The summed E-state index contributed by atoms with van der Waals surface area (Å²) in [6, 6.07) is 27.1. The Hall–Kier alpha value is -2.00. The summed E-state index contributed by atoms with van der Waals surface area (Å²) in [4.78, 5) is 0. The normalized spacial score (nSPS) is 11.5. The van der Waals surface area contributed by atoms with Gasteiger partial charge in [0.25, 0.3) is 0 Å². The molecule has 0 saturated heterocycles. The maximum Gasteiger partial charge on any atom is 0.120 e. The summed E-state index contributed by atoms with van der Waals surface area (Å²) < 4.78 is 5.94. The maximum atomic E-state index is 5.94. The molecule has 0 spiro atoms. The van der Waals surface area contributed by atoms with Crippen molar-refractivity contribution in [3.8, 4) is 5.75 Å². The van der Waals surface area contributed by atoms with Crippen LogP contribution in [0.5, 0.6) is 5.75 Å². The van der Waals surface area contributed by atoms with E-state index in [1.54, 1.807) is 0 Å². The molecule has 1 atom stereocenters. The molecule has 148 valence electrons. The van der Waals surface area contributed by atoms with E-state index in [9.17, 15) is 0 Å². The number of nitrogens with one attached hydrogen (secondary N) is 1. The zero-order valence-electron chi connectivity index (χ0n) is 16.1. The van der Waals surface area contributed by atoms with Gasteiger partial charge >= 0.3 is 0 Å². The van der Waals surface area contributed by atoms with Gasteiger partial charge in [-0.3, -0.25) is 0 Å². The Morgan fingerprint density at radius 2 is 1.64 bits per heavy atom. The molecule has 0 saturated carbocycles. The highest BCUT2D eigenvalue weighted by atomic mass is 35.5. The average molecular weight is 416 g/mol. The van der Waals surface area contributed by atoms with Crippen LogP contribution in [0.4, 0.5) is 0 Å². The quantitative estimate of drug-likeness (QED) is 0.407. The molecule has 0 bridgehead atoms. The van der Waals surface area contributed by atoms with E-state index in [1.807, 2.05) is 36.4 Å². The van der Waals surface area contributed by atoms with Gasteiger partial charge in [0.1, 0.15) is 12.4 Å². The van der Waals surface area contributed by atoms with Crippen LogP contribution in [-0.4, -0.2) is 0 Å². The summed E-state index contributed by atoms with van der Waals surface area (Å²) in [5.74, 6) is 0.885. The minimum Gasteiger partial charge on any atom is -0.489 e. The van der Waals surface area contributed by atoms with Crippen molar-refractivity contribution >= 4 is 24.0 Å². The van der Waals surface area contributed by atoms with Crippen LogP contribution in [0.15, 0.2) is 78.9 Å². The smallest absolute Gasteiger partial charge is 0.120 e. The summed E-state index contributed by atoms with van der Waals surface area (Å²) in [7, 11) is 0. The molecule has 0 aliphatic heterocycles. The van der Waals surface area contributed by atoms with E-state index in [0.29, 0.717) is 12.6 Å². The topological polar surface area (TPSA) is 21.3 Å². The molecule has 28 heavy (non-hydrogen) atoms. The average Bonchev–Trinajstić information content (AvgIpc) is 2.72. The molecule has 0 aromatic heterocycles. The van der Waals surface area contributed by atoms with E-state index in [2.05, 4.69) is 54.7 Å². The Kier molecular flexibility index (Phi) is 9.36. The number of hydrogen-bond donors (Lipinski definition) is 1. The van der Waals surface area contributed by atoms with Gasteiger partial charge in [-0.2, -0.15) is 0 Å². The molecule has 3 aromatic carbocycles. The van der Waals surface area contributed by atoms with Crippen LogP contribution >= 0.6 is 24.0 Å². The monoisotopic (exact) mass is 415 g/mol. The van der Waals surface area contributed by atoms with Gasteiger partial charge in [-0.1, -0.05) is 79.5 Å². The van der Waals surface area contributed by atoms with Crippen molar-refractivity contribution in [1.82, 2.24) is 5.32 Å².